The van der Waals surface area contributed by atoms with E-state index >= 15 is 0 Å². The minimum Gasteiger partial charge on any atom is -0.451 e. The summed E-state index contributed by atoms with van der Waals surface area (Å²) >= 11 is 1.28. The molecule has 0 fully saturated rings. The quantitative estimate of drug-likeness (QED) is 0.757. The van der Waals surface area contributed by atoms with Crippen LogP contribution in [-0.2, 0) is 19.6 Å². The Morgan fingerprint density at radius 1 is 1.15 bits per heavy atom. The summed E-state index contributed by atoms with van der Waals surface area (Å²) < 4.78 is 30.5. The van der Waals surface area contributed by atoms with E-state index in [1.807, 2.05) is 6.92 Å². The summed E-state index contributed by atoms with van der Waals surface area (Å²) in [5.41, 5.74) is 1.04. The number of nitrogens with one attached hydrogen (secondary N) is 1. The van der Waals surface area contributed by atoms with Gasteiger partial charge in [-0.1, -0.05) is 6.07 Å². The van der Waals surface area contributed by atoms with E-state index in [1.54, 1.807) is 25.1 Å². The maximum atomic E-state index is 12.2. The summed E-state index contributed by atoms with van der Waals surface area (Å²) in [7, 11) is -0.754. The van der Waals surface area contributed by atoms with Crippen molar-refractivity contribution in [1.29, 1.82) is 0 Å². The molecule has 2 aromatic rings. The summed E-state index contributed by atoms with van der Waals surface area (Å²) in [5.74, 6) is -1.12. The molecule has 0 aliphatic rings. The Hall–Kier alpha value is -2.23. The van der Waals surface area contributed by atoms with Crippen LogP contribution < -0.4 is 5.32 Å². The molecule has 140 valence electrons. The van der Waals surface area contributed by atoms with E-state index in [2.05, 4.69) is 5.32 Å². The molecule has 0 aliphatic carbocycles. The van der Waals surface area contributed by atoms with E-state index in [0.717, 1.165) is 9.18 Å². The van der Waals surface area contributed by atoms with Crippen molar-refractivity contribution in [2.45, 2.75) is 18.7 Å². The molecule has 0 saturated heterocycles. The van der Waals surface area contributed by atoms with E-state index in [0.29, 0.717) is 16.1 Å². The zero-order valence-electron chi connectivity index (χ0n) is 14.9. The summed E-state index contributed by atoms with van der Waals surface area (Å²) in [4.78, 5) is 25.4. The molecule has 7 nitrogen and oxygen atoms in total. The number of carbonyl (C=O) groups excluding carboxylic acids is 2. The van der Waals surface area contributed by atoms with Crippen molar-refractivity contribution >= 4 is 38.9 Å². The third-order valence-corrected chi connectivity index (χ3v) is 6.33. The maximum absolute atomic E-state index is 12.2. The Balaban J connectivity index is 2.05. The number of thiophene rings is 1. The Kier molecular flexibility index (Phi) is 6.17. The van der Waals surface area contributed by atoms with Gasteiger partial charge in [-0.25, -0.2) is 17.5 Å². The smallest absolute Gasteiger partial charge is 0.348 e. The second kappa shape index (κ2) is 7.98. The lowest BCUT2D eigenvalue weighted by molar-refractivity contribution is -0.119. The molecule has 0 aliphatic heterocycles. The highest BCUT2D eigenvalue weighted by Gasteiger charge is 2.19. The summed E-state index contributed by atoms with van der Waals surface area (Å²) in [5, 5.41) is 2.58. The molecule has 26 heavy (non-hydrogen) atoms. The van der Waals surface area contributed by atoms with Crippen molar-refractivity contribution in [1.82, 2.24) is 4.31 Å². The van der Waals surface area contributed by atoms with Crippen molar-refractivity contribution in [2.24, 2.45) is 0 Å². The molecule has 0 spiro atoms. The van der Waals surface area contributed by atoms with Gasteiger partial charge < -0.3 is 10.1 Å². The largest absolute Gasteiger partial charge is 0.451 e. The van der Waals surface area contributed by atoms with Crippen LogP contribution in [0.2, 0.25) is 0 Å². The van der Waals surface area contributed by atoms with Crippen LogP contribution in [0.1, 0.15) is 20.1 Å². The van der Waals surface area contributed by atoms with Crippen LogP contribution in [0.5, 0.6) is 0 Å². The number of carbonyl (C=O) groups is 2. The van der Waals surface area contributed by atoms with Gasteiger partial charge in [-0.3, -0.25) is 4.79 Å². The first kappa shape index (κ1) is 20.1. The fourth-order valence-electron chi connectivity index (χ4n) is 2.04. The molecule has 9 heteroatoms. The first-order valence-corrected chi connectivity index (χ1v) is 9.93. The second-order valence-electron chi connectivity index (χ2n) is 5.80. The monoisotopic (exact) mass is 396 g/mol. The van der Waals surface area contributed by atoms with Gasteiger partial charge in [-0.05, 0) is 43.7 Å². The van der Waals surface area contributed by atoms with Gasteiger partial charge in [0.15, 0.2) is 6.61 Å². The number of aryl methyl sites for hydroxylation is 2. The minimum atomic E-state index is -3.61. The number of hydrogen-bond donors (Lipinski definition) is 1. The van der Waals surface area contributed by atoms with E-state index in [9.17, 15) is 18.0 Å². The summed E-state index contributed by atoms with van der Waals surface area (Å²) in [6.45, 7) is 3.15. The highest BCUT2D eigenvalue weighted by atomic mass is 32.2. The van der Waals surface area contributed by atoms with Crippen molar-refractivity contribution < 1.29 is 22.7 Å². The normalized spacial score (nSPS) is 11.4. The second-order valence-corrected chi connectivity index (χ2v) is 9.24. The van der Waals surface area contributed by atoms with Gasteiger partial charge in [0, 0.05) is 24.7 Å². The number of hydrogen-bond acceptors (Lipinski definition) is 6. The summed E-state index contributed by atoms with van der Waals surface area (Å²) in [6.07, 6.45) is 0. The lowest BCUT2D eigenvalue weighted by atomic mass is 10.2. The van der Waals surface area contributed by atoms with Crippen molar-refractivity contribution in [3.63, 3.8) is 0 Å². The average molecular weight is 396 g/mol. The van der Waals surface area contributed by atoms with Gasteiger partial charge in [0.1, 0.15) is 4.88 Å². The molecule has 0 bridgehead atoms. The first-order valence-electron chi connectivity index (χ1n) is 7.68. The van der Waals surface area contributed by atoms with Crippen LogP contribution >= 0.6 is 11.3 Å². The Morgan fingerprint density at radius 3 is 2.42 bits per heavy atom. The number of benzene rings is 1. The fraction of sp³-hybridized carbons (Fsp3) is 0.294. The maximum Gasteiger partial charge on any atom is 0.348 e. The molecule has 1 N–H and O–H groups in total. The molecule has 0 radical (unpaired) electrons. The zero-order valence-corrected chi connectivity index (χ0v) is 16.5. The molecule has 1 aromatic heterocycles. The number of amides is 1. The Morgan fingerprint density at radius 2 is 1.85 bits per heavy atom. The third kappa shape index (κ3) is 4.69. The fourth-order valence-corrected chi connectivity index (χ4v) is 3.73. The van der Waals surface area contributed by atoms with Gasteiger partial charge in [-0.2, -0.15) is 0 Å². The molecular formula is C17H20N2O5S2. The van der Waals surface area contributed by atoms with E-state index in [1.165, 1.54) is 37.6 Å². The molecule has 0 atom stereocenters. The molecule has 1 aromatic carbocycles. The number of ether oxygens (including phenoxy) is 1. The molecule has 0 unspecified atom stereocenters. The van der Waals surface area contributed by atoms with Crippen LogP contribution in [0.25, 0.3) is 0 Å². The van der Waals surface area contributed by atoms with Gasteiger partial charge in [-0.15, -0.1) is 11.3 Å². The van der Waals surface area contributed by atoms with Gasteiger partial charge in [0.05, 0.1) is 4.90 Å². The predicted octanol–water partition coefficient (Wildman–Crippen LogP) is 2.41. The number of sulfonamides is 1. The van der Waals surface area contributed by atoms with Crippen LogP contribution in [0.3, 0.4) is 0 Å². The Labute approximate surface area is 156 Å². The molecule has 1 heterocycles. The third-order valence-electron chi connectivity index (χ3n) is 3.54. The number of rotatable bonds is 6. The standard InChI is InChI=1S/C17H20N2O5S2/c1-11-5-7-13(26(22,23)19(3)4)9-14(11)18-16(20)10-24-17(21)15-8-6-12(2)25-15/h5-9H,10H2,1-4H3,(H,18,20). The van der Waals surface area contributed by atoms with Crippen LogP contribution in [0.4, 0.5) is 5.69 Å². The van der Waals surface area contributed by atoms with Gasteiger partial charge in [0.25, 0.3) is 5.91 Å². The Bertz CT molecular complexity index is 932. The molecule has 1 amide bonds. The van der Waals surface area contributed by atoms with Crippen LogP contribution in [0.15, 0.2) is 35.2 Å². The molecular weight excluding hydrogens is 376 g/mol. The van der Waals surface area contributed by atoms with E-state index in [-0.39, 0.29) is 4.90 Å². The lowest BCUT2D eigenvalue weighted by Crippen LogP contribution is -2.23. The first-order chi connectivity index (χ1) is 12.1. The van der Waals surface area contributed by atoms with E-state index < -0.39 is 28.5 Å². The topological polar surface area (TPSA) is 92.8 Å². The number of esters is 1. The van der Waals surface area contributed by atoms with Crippen molar-refractivity contribution in [3.05, 3.63) is 45.6 Å². The zero-order chi connectivity index (χ0) is 19.5. The SMILES string of the molecule is Cc1ccc(C(=O)OCC(=O)Nc2cc(S(=O)(=O)N(C)C)ccc2C)s1. The van der Waals surface area contributed by atoms with Crippen molar-refractivity contribution in [2.75, 3.05) is 26.0 Å². The highest BCUT2D eigenvalue weighted by Crippen LogP contribution is 2.22. The minimum absolute atomic E-state index is 0.0643. The van der Waals surface area contributed by atoms with Crippen LogP contribution in [0, 0.1) is 13.8 Å². The lowest BCUT2D eigenvalue weighted by Gasteiger charge is -2.14. The van der Waals surface area contributed by atoms with E-state index in [4.69, 9.17) is 4.74 Å². The molecule has 0 saturated carbocycles. The highest BCUT2D eigenvalue weighted by molar-refractivity contribution is 7.89. The van der Waals surface area contributed by atoms with Crippen molar-refractivity contribution in [3.8, 4) is 0 Å². The number of anilines is 1. The summed E-state index contributed by atoms with van der Waals surface area (Å²) in [6, 6.07) is 7.89. The van der Waals surface area contributed by atoms with Gasteiger partial charge in [0.2, 0.25) is 10.0 Å². The predicted molar refractivity (Wildman–Crippen MR) is 100 cm³/mol. The average Bonchev–Trinajstić information content (AvgIpc) is 3.01. The molecule has 2 rings (SSSR count). The van der Waals surface area contributed by atoms with Crippen LogP contribution in [-0.4, -0.2) is 45.3 Å². The number of nitrogens with zero attached hydrogens (tertiary/aromatic N) is 1. The van der Waals surface area contributed by atoms with Gasteiger partial charge >= 0.3 is 5.97 Å².